The Kier molecular flexibility index (Phi) is 3.88. The molecule has 0 aliphatic rings. The molecule has 84 valence electrons. The molecule has 0 bridgehead atoms. The van der Waals surface area contributed by atoms with Gasteiger partial charge in [0, 0.05) is 25.2 Å². The van der Waals surface area contributed by atoms with Gasteiger partial charge in [0.15, 0.2) is 0 Å². The summed E-state index contributed by atoms with van der Waals surface area (Å²) >= 11 is 0. The molecule has 1 aromatic rings. The molecule has 0 radical (unpaired) electrons. The fourth-order valence-corrected chi connectivity index (χ4v) is 1.74. The summed E-state index contributed by atoms with van der Waals surface area (Å²) in [6.07, 6.45) is 1.61. The van der Waals surface area contributed by atoms with Gasteiger partial charge in [-0.15, -0.1) is 0 Å². The molecule has 0 aromatic carbocycles. The van der Waals surface area contributed by atoms with E-state index in [4.69, 9.17) is 0 Å². The van der Waals surface area contributed by atoms with E-state index < -0.39 is 0 Å². The first-order valence-corrected chi connectivity index (χ1v) is 5.37. The summed E-state index contributed by atoms with van der Waals surface area (Å²) in [6.45, 7) is 9.49. The van der Waals surface area contributed by atoms with Crippen molar-refractivity contribution < 1.29 is 0 Å². The molecular weight excluding hydrogens is 188 g/mol. The predicted molar refractivity (Wildman–Crippen MR) is 64.5 cm³/mol. The summed E-state index contributed by atoms with van der Waals surface area (Å²) < 4.78 is 0. The first-order valence-electron chi connectivity index (χ1n) is 5.37. The molecule has 1 rings (SSSR count). The molecule has 0 aliphatic heterocycles. The first-order chi connectivity index (χ1) is 7.11. The highest BCUT2D eigenvalue weighted by Gasteiger charge is 2.14. The van der Waals surface area contributed by atoms with Gasteiger partial charge in [0.05, 0.1) is 0 Å². The molecule has 0 unspecified atom stereocenters. The second-order valence-electron chi connectivity index (χ2n) is 3.80. The lowest BCUT2D eigenvalue weighted by Crippen LogP contribution is -2.32. The van der Waals surface area contributed by atoms with Gasteiger partial charge < -0.3 is 10.2 Å². The molecule has 0 spiro atoms. The number of aromatic nitrogens is 2. The van der Waals surface area contributed by atoms with Crippen LogP contribution in [0.3, 0.4) is 0 Å². The lowest BCUT2D eigenvalue weighted by Gasteiger charge is -2.28. The van der Waals surface area contributed by atoms with Gasteiger partial charge in [0.25, 0.3) is 0 Å². The number of hydrogen-bond acceptors (Lipinski definition) is 4. The third-order valence-electron chi connectivity index (χ3n) is 2.53. The van der Waals surface area contributed by atoms with Crippen molar-refractivity contribution in [1.29, 1.82) is 0 Å². The highest BCUT2D eigenvalue weighted by Crippen LogP contribution is 2.22. The molecule has 0 atom stereocenters. The molecular formula is C11H20N4. The summed E-state index contributed by atoms with van der Waals surface area (Å²) in [4.78, 5) is 10.8. The van der Waals surface area contributed by atoms with E-state index in [1.165, 1.54) is 0 Å². The Morgan fingerprint density at radius 1 is 1.40 bits per heavy atom. The molecule has 1 N–H and O–H groups in total. The lowest BCUT2D eigenvalue weighted by molar-refractivity contribution is 0.689. The van der Waals surface area contributed by atoms with E-state index in [1.807, 2.05) is 14.0 Å². The van der Waals surface area contributed by atoms with Gasteiger partial charge in [-0.1, -0.05) is 0 Å². The van der Waals surface area contributed by atoms with E-state index in [0.29, 0.717) is 6.04 Å². The third-order valence-corrected chi connectivity index (χ3v) is 2.53. The van der Waals surface area contributed by atoms with Crippen LogP contribution >= 0.6 is 0 Å². The molecule has 0 amide bonds. The van der Waals surface area contributed by atoms with Crippen molar-refractivity contribution in [3.63, 3.8) is 0 Å². The average molecular weight is 208 g/mol. The minimum atomic E-state index is 0.452. The second-order valence-corrected chi connectivity index (χ2v) is 3.80. The largest absolute Gasteiger partial charge is 0.373 e. The quantitative estimate of drug-likeness (QED) is 0.822. The molecule has 0 saturated carbocycles. The Morgan fingerprint density at radius 2 is 2.07 bits per heavy atom. The van der Waals surface area contributed by atoms with Crippen LogP contribution in [0.4, 0.5) is 11.6 Å². The molecule has 0 aliphatic carbocycles. The van der Waals surface area contributed by atoms with Crippen molar-refractivity contribution in [2.45, 2.75) is 33.7 Å². The van der Waals surface area contributed by atoms with E-state index >= 15 is 0 Å². The molecule has 0 fully saturated rings. The smallest absolute Gasteiger partial charge is 0.137 e. The fourth-order valence-electron chi connectivity index (χ4n) is 1.74. The van der Waals surface area contributed by atoms with Crippen molar-refractivity contribution in [1.82, 2.24) is 9.97 Å². The van der Waals surface area contributed by atoms with Crippen LogP contribution in [0.15, 0.2) is 6.33 Å². The van der Waals surface area contributed by atoms with E-state index in [-0.39, 0.29) is 0 Å². The van der Waals surface area contributed by atoms with Gasteiger partial charge in [0.1, 0.15) is 18.0 Å². The zero-order chi connectivity index (χ0) is 11.4. The Balaban J connectivity index is 3.12. The highest BCUT2D eigenvalue weighted by atomic mass is 15.2. The Hall–Kier alpha value is -1.32. The van der Waals surface area contributed by atoms with Crippen LogP contribution in [-0.2, 0) is 0 Å². The molecule has 1 aromatic heterocycles. The van der Waals surface area contributed by atoms with Crippen molar-refractivity contribution in [2.75, 3.05) is 23.8 Å². The minimum Gasteiger partial charge on any atom is -0.373 e. The van der Waals surface area contributed by atoms with Crippen LogP contribution in [0, 0.1) is 6.92 Å². The second kappa shape index (κ2) is 4.96. The molecule has 1 heterocycles. The van der Waals surface area contributed by atoms with E-state index in [2.05, 4.69) is 41.0 Å². The Morgan fingerprint density at radius 3 is 2.53 bits per heavy atom. The van der Waals surface area contributed by atoms with Crippen LogP contribution in [0.2, 0.25) is 0 Å². The monoisotopic (exact) mass is 208 g/mol. The van der Waals surface area contributed by atoms with Crippen LogP contribution < -0.4 is 10.2 Å². The average Bonchev–Trinajstić information content (AvgIpc) is 2.21. The maximum Gasteiger partial charge on any atom is 0.137 e. The van der Waals surface area contributed by atoms with Crippen LogP contribution in [0.1, 0.15) is 26.3 Å². The number of anilines is 2. The lowest BCUT2D eigenvalue weighted by atomic mass is 10.2. The number of nitrogens with zero attached hydrogens (tertiary/aromatic N) is 3. The summed E-state index contributed by atoms with van der Waals surface area (Å²) in [5.41, 5.74) is 1.11. The normalized spacial score (nSPS) is 10.5. The third kappa shape index (κ3) is 2.37. The van der Waals surface area contributed by atoms with Crippen molar-refractivity contribution in [2.24, 2.45) is 0 Å². The SMILES string of the molecule is CCN(c1ncnc(NC)c1C)C(C)C. The maximum absolute atomic E-state index is 4.35. The number of nitrogens with one attached hydrogen (secondary N) is 1. The summed E-state index contributed by atoms with van der Waals surface area (Å²) in [5.74, 6) is 1.92. The van der Waals surface area contributed by atoms with Crippen molar-refractivity contribution >= 4 is 11.6 Å². The van der Waals surface area contributed by atoms with Crippen LogP contribution in [0.25, 0.3) is 0 Å². The zero-order valence-electron chi connectivity index (χ0n) is 10.2. The minimum absolute atomic E-state index is 0.452. The summed E-state index contributed by atoms with van der Waals surface area (Å²) in [6, 6.07) is 0.452. The van der Waals surface area contributed by atoms with E-state index in [1.54, 1.807) is 6.33 Å². The van der Waals surface area contributed by atoms with Gasteiger partial charge in [-0.2, -0.15) is 0 Å². The van der Waals surface area contributed by atoms with E-state index in [9.17, 15) is 0 Å². The van der Waals surface area contributed by atoms with Gasteiger partial charge in [-0.25, -0.2) is 9.97 Å². The first kappa shape index (κ1) is 11.8. The standard InChI is InChI=1S/C11H20N4/c1-6-15(8(2)3)11-9(4)10(12-5)13-7-14-11/h7-8H,6H2,1-5H3,(H,12,13,14). The number of rotatable bonds is 4. The van der Waals surface area contributed by atoms with E-state index in [0.717, 1.165) is 23.7 Å². The fraction of sp³-hybridized carbons (Fsp3) is 0.636. The summed E-state index contributed by atoms with van der Waals surface area (Å²) in [5, 5.41) is 3.08. The molecule has 0 saturated heterocycles. The predicted octanol–water partition coefficient (Wildman–Crippen LogP) is 2.06. The van der Waals surface area contributed by atoms with Crippen LogP contribution in [0.5, 0.6) is 0 Å². The van der Waals surface area contributed by atoms with Gasteiger partial charge in [-0.05, 0) is 27.7 Å². The van der Waals surface area contributed by atoms with Crippen molar-refractivity contribution in [3.05, 3.63) is 11.9 Å². The van der Waals surface area contributed by atoms with Gasteiger partial charge in [0.2, 0.25) is 0 Å². The number of hydrogen-bond donors (Lipinski definition) is 1. The highest BCUT2D eigenvalue weighted by molar-refractivity contribution is 5.57. The Labute approximate surface area is 91.7 Å². The molecule has 15 heavy (non-hydrogen) atoms. The summed E-state index contributed by atoms with van der Waals surface area (Å²) in [7, 11) is 1.88. The van der Waals surface area contributed by atoms with Crippen LogP contribution in [-0.4, -0.2) is 29.6 Å². The Bertz CT molecular complexity index is 322. The molecule has 4 heteroatoms. The maximum atomic E-state index is 4.35. The topological polar surface area (TPSA) is 41.1 Å². The molecule has 4 nitrogen and oxygen atoms in total. The van der Waals surface area contributed by atoms with Gasteiger partial charge in [-0.3, -0.25) is 0 Å². The van der Waals surface area contributed by atoms with Crippen molar-refractivity contribution in [3.8, 4) is 0 Å². The zero-order valence-corrected chi connectivity index (χ0v) is 10.2. The van der Waals surface area contributed by atoms with Gasteiger partial charge >= 0.3 is 0 Å².